The van der Waals surface area contributed by atoms with Crippen LogP contribution in [0.5, 0.6) is 0 Å². The summed E-state index contributed by atoms with van der Waals surface area (Å²) < 4.78 is 21.0. The Morgan fingerprint density at radius 3 is 1.67 bits per heavy atom. The first-order valence-electron chi connectivity index (χ1n) is 9.62. The summed E-state index contributed by atoms with van der Waals surface area (Å²) >= 11 is 0. The summed E-state index contributed by atoms with van der Waals surface area (Å²) in [6.45, 7) is 1.30. The van der Waals surface area contributed by atoms with Crippen molar-refractivity contribution in [2.75, 3.05) is 39.6 Å². The first kappa shape index (κ1) is 20.2. The van der Waals surface area contributed by atoms with Crippen molar-refractivity contribution in [3.63, 3.8) is 0 Å². The van der Waals surface area contributed by atoms with Gasteiger partial charge in [-0.05, 0) is 12.1 Å². The van der Waals surface area contributed by atoms with Gasteiger partial charge in [0, 0.05) is 12.8 Å². The number of ether oxygens (including phenoxy) is 4. The van der Waals surface area contributed by atoms with Gasteiger partial charge < -0.3 is 28.6 Å². The van der Waals surface area contributed by atoms with E-state index in [1.54, 1.807) is 18.2 Å². The summed E-state index contributed by atoms with van der Waals surface area (Å²) in [6.07, 6.45) is -1.17. The topological polar surface area (TPSA) is 127 Å². The van der Waals surface area contributed by atoms with Gasteiger partial charge in [-0.3, -0.25) is 0 Å². The Morgan fingerprint density at radius 2 is 1.17 bits per heavy atom. The van der Waals surface area contributed by atoms with Crippen molar-refractivity contribution in [3.05, 3.63) is 29.6 Å². The predicted octanol–water partition coefficient (Wildman–Crippen LogP) is 0.201. The summed E-state index contributed by atoms with van der Waals surface area (Å²) in [7, 11) is 0. The lowest BCUT2D eigenvalue weighted by Gasteiger charge is -2.10. The molecule has 0 aromatic carbocycles. The van der Waals surface area contributed by atoms with E-state index in [2.05, 4.69) is 15.3 Å². The number of carbonyl (C=O) groups excluding carboxylic acids is 2. The van der Waals surface area contributed by atoms with Gasteiger partial charge in [-0.2, -0.15) is 0 Å². The Balaban J connectivity index is 1.46. The second-order valence-corrected chi connectivity index (χ2v) is 6.64. The minimum Gasteiger partial charge on any atom is -0.460 e. The number of hydrogen-bond donors (Lipinski definition) is 0. The van der Waals surface area contributed by atoms with E-state index in [-0.39, 0.29) is 39.3 Å². The van der Waals surface area contributed by atoms with Crippen LogP contribution in [0.15, 0.2) is 28.5 Å². The monoisotopic (exact) mass is 419 g/mol. The second kappa shape index (κ2) is 9.63. The van der Waals surface area contributed by atoms with Crippen LogP contribution in [-0.2, 0) is 38.2 Å². The SMILES string of the molecule is O=C1OCCOCCOCCOC(=O)[C@H]2CC(=NO2)c2cccc(n2)C2=NO[C@@H]1C2. The molecule has 11 nitrogen and oxygen atoms in total. The van der Waals surface area contributed by atoms with Gasteiger partial charge in [0.1, 0.15) is 24.6 Å². The van der Waals surface area contributed by atoms with E-state index in [1.807, 2.05) is 0 Å². The first-order chi connectivity index (χ1) is 14.7. The molecule has 6 bridgehead atoms. The quantitative estimate of drug-likeness (QED) is 0.542. The molecule has 30 heavy (non-hydrogen) atoms. The molecule has 0 fully saturated rings. The van der Waals surface area contributed by atoms with Gasteiger partial charge in [0.2, 0.25) is 12.2 Å². The lowest BCUT2D eigenvalue weighted by molar-refractivity contribution is -0.158. The second-order valence-electron chi connectivity index (χ2n) is 6.64. The van der Waals surface area contributed by atoms with Crippen LogP contribution in [0.25, 0.3) is 0 Å². The molecule has 11 heteroatoms. The third kappa shape index (κ3) is 4.92. The Kier molecular flexibility index (Phi) is 6.50. The number of hydrogen-bond acceptors (Lipinski definition) is 11. The predicted molar refractivity (Wildman–Crippen MR) is 99.8 cm³/mol. The fraction of sp³-hybridized carbons (Fsp3) is 0.526. The molecule has 4 rings (SSSR count). The Morgan fingerprint density at radius 1 is 0.700 bits per heavy atom. The number of aromatic nitrogens is 1. The molecule has 0 amide bonds. The smallest absolute Gasteiger partial charge is 0.350 e. The highest BCUT2D eigenvalue weighted by atomic mass is 16.7. The van der Waals surface area contributed by atoms with Gasteiger partial charge in [-0.15, -0.1) is 0 Å². The highest BCUT2D eigenvalue weighted by Crippen LogP contribution is 2.20. The maximum Gasteiger partial charge on any atom is 0.350 e. The molecule has 0 spiro atoms. The molecule has 0 N–H and O–H groups in total. The summed E-state index contributed by atoms with van der Waals surface area (Å²) in [6, 6.07) is 5.29. The zero-order chi connectivity index (χ0) is 20.8. The van der Waals surface area contributed by atoms with Crippen molar-refractivity contribution < 1.29 is 38.2 Å². The van der Waals surface area contributed by atoms with Gasteiger partial charge in [-0.1, -0.05) is 16.4 Å². The average molecular weight is 419 g/mol. The third-order valence-corrected chi connectivity index (χ3v) is 4.52. The molecule has 0 aliphatic carbocycles. The molecule has 0 saturated carbocycles. The Bertz CT molecular complexity index is 791. The summed E-state index contributed by atoms with van der Waals surface area (Å²) in [5, 5.41) is 7.94. The van der Waals surface area contributed by atoms with Crippen molar-refractivity contribution in [1.82, 2.24) is 4.98 Å². The van der Waals surface area contributed by atoms with Gasteiger partial charge in [0.05, 0.1) is 37.8 Å². The number of fused-ring (bicyclic) bond motifs is 8. The van der Waals surface area contributed by atoms with E-state index < -0.39 is 24.1 Å². The van der Waals surface area contributed by atoms with Crippen molar-refractivity contribution in [2.24, 2.45) is 10.3 Å². The van der Waals surface area contributed by atoms with Crippen LogP contribution >= 0.6 is 0 Å². The van der Waals surface area contributed by atoms with Crippen LogP contribution < -0.4 is 0 Å². The van der Waals surface area contributed by atoms with Gasteiger partial charge in [-0.25, -0.2) is 14.6 Å². The summed E-state index contributed by atoms with van der Waals surface area (Å²) in [4.78, 5) is 39.2. The molecule has 1 aromatic rings. The third-order valence-electron chi connectivity index (χ3n) is 4.52. The molecular formula is C19H21N3O8. The molecule has 1 aromatic heterocycles. The Labute approximate surface area is 171 Å². The summed E-state index contributed by atoms with van der Waals surface area (Å²) in [5.74, 6) is -1.02. The van der Waals surface area contributed by atoms with Gasteiger partial charge in [0.25, 0.3) is 0 Å². The fourth-order valence-corrected chi connectivity index (χ4v) is 2.98. The van der Waals surface area contributed by atoms with Crippen LogP contribution in [0.1, 0.15) is 24.2 Å². The van der Waals surface area contributed by atoms with E-state index >= 15 is 0 Å². The zero-order valence-corrected chi connectivity index (χ0v) is 16.2. The van der Waals surface area contributed by atoms with E-state index in [9.17, 15) is 9.59 Å². The van der Waals surface area contributed by atoms with Crippen molar-refractivity contribution in [1.29, 1.82) is 0 Å². The molecule has 3 aliphatic heterocycles. The number of carbonyl (C=O) groups is 2. The largest absolute Gasteiger partial charge is 0.460 e. The highest BCUT2D eigenvalue weighted by Gasteiger charge is 2.33. The van der Waals surface area contributed by atoms with Crippen molar-refractivity contribution >= 4 is 23.4 Å². The molecule has 0 unspecified atom stereocenters. The van der Waals surface area contributed by atoms with Crippen molar-refractivity contribution in [3.8, 4) is 0 Å². The number of nitrogens with zero attached hydrogens (tertiary/aromatic N) is 3. The highest BCUT2D eigenvalue weighted by molar-refractivity contribution is 6.05. The number of esters is 2. The first-order valence-corrected chi connectivity index (χ1v) is 9.62. The lowest BCUT2D eigenvalue weighted by atomic mass is 10.1. The molecule has 3 aliphatic rings. The number of pyridine rings is 1. The van der Waals surface area contributed by atoms with Gasteiger partial charge >= 0.3 is 11.9 Å². The number of oxime groups is 2. The fourth-order valence-electron chi connectivity index (χ4n) is 2.98. The number of cyclic esters (lactones) is 2. The van der Waals surface area contributed by atoms with Crippen molar-refractivity contribution in [2.45, 2.75) is 25.0 Å². The minimum atomic E-state index is -0.825. The average Bonchev–Trinajstić information content (AvgIpc) is 3.44. The zero-order valence-electron chi connectivity index (χ0n) is 16.2. The van der Waals surface area contributed by atoms with Crippen LogP contribution in [0.3, 0.4) is 0 Å². The normalized spacial score (nSPS) is 25.6. The summed E-state index contributed by atoms with van der Waals surface area (Å²) in [5.41, 5.74) is 2.13. The molecule has 0 radical (unpaired) electrons. The van der Waals surface area contributed by atoms with E-state index in [1.165, 1.54) is 0 Å². The molecule has 4 heterocycles. The Hall–Kier alpha value is -3.05. The lowest BCUT2D eigenvalue weighted by Crippen LogP contribution is -2.25. The molecule has 2 atom stereocenters. The molecule has 0 saturated heterocycles. The van der Waals surface area contributed by atoms with Crippen LogP contribution in [0.4, 0.5) is 0 Å². The maximum atomic E-state index is 12.1. The van der Waals surface area contributed by atoms with Crippen LogP contribution in [0, 0.1) is 0 Å². The minimum absolute atomic E-state index is 0.0978. The maximum absolute atomic E-state index is 12.1. The molecular weight excluding hydrogens is 398 g/mol. The van der Waals surface area contributed by atoms with E-state index in [0.29, 0.717) is 36.0 Å². The van der Waals surface area contributed by atoms with Crippen LogP contribution in [0.2, 0.25) is 0 Å². The number of rotatable bonds is 0. The van der Waals surface area contributed by atoms with Gasteiger partial charge in [0.15, 0.2) is 0 Å². The molecule has 160 valence electrons. The van der Waals surface area contributed by atoms with E-state index in [4.69, 9.17) is 28.6 Å². The van der Waals surface area contributed by atoms with Crippen LogP contribution in [-0.4, -0.2) is 80.2 Å². The standard InChI is InChI=1S/C19H21N3O8/c23-18-16-10-14(21-29-16)12-2-1-3-13(20-12)15-11-17(30-22-15)19(24)28-9-7-26-5-4-25-6-8-27-18/h1-3,16-17H,4-11H2/t16-,17-/m1/s1. The van der Waals surface area contributed by atoms with E-state index in [0.717, 1.165) is 0 Å².